The highest BCUT2D eigenvalue weighted by atomic mass is 35.5. The first-order valence-electron chi connectivity index (χ1n) is 6.48. The summed E-state index contributed by atoms with van der Waals surface area (Å²) >= 11 is 5.66. The van der Waals surface area contributed by atoms with Crippen LogP contribution in [0.1, 0.15) is 5.56 Å². The van der Waals surface area contributed by atoms with Crippen molar-refractivity contribution in [3.63, 3.8) is 0 Å². The molecule has 0 spiro atoms. The Bertz CT molecular complexity index is 443. The fourth-order valence-electron chi connectivity index (χ4n) is 2.50. The number of halogens is 2. The van der Waals surface area contributed by atoms with Crippen molar-refractivity contribution in [1.82, 2.24) is 9.80 Å². The van der Waals surface area contributed by atoms with Crippen LogP contribution >= 0.6 is 11.6 Å². The molecule has 1 heterocycles. The van der Waals surface area contributed by atoms with Crippen molar-refractivity contribution in [3.8, 4) is 0 Å². The van der Waals surface area contributed by atoms with Gasteiger partial charge in [0, 0.05) is 32.1 Å². The van der Waals surface area contributed by atoms with Gasteiger partial charge in [-0.1, -0.05) is 17.7 Å². The number of hydrogen-bond acceptors (Lipinski definition) is 3. The second-order valence-electron chi connectivity index (χ2n) is 5.33. The number of nitrogens with zero attached hydrogens (tertiary/aromatic N) is 2. The number of aliphatic hydroxyl groups excluding tert-OH is 1. The third kappa shape index (κ3) is 3.66. The minimum atomic E-state index is -0.506. The molecule has 2 rings (SSSR count). The molecule has 0 saturated carbocycles. The van der Waals surface area contributed by atoms with Gasteiger partial charge < -0.3 is 10.0 Å². The maximum absolute atomic E-state index is 13.4. The van der Waals surface area contributed by atoms with Crippen LogP contribution in [0.5, 0.6) is 0 Å². The van der Waals surface area contributed by atoms with E-state index in [1.165, 1.54) is 12.1 Å². The maximum atomic E-state index is 13.4. The summed E-state index contributed by atoms with van der Waals surface area (Å²) in [4.78, 5) is 4.37. The second kappa shape index (κ2) is 6.18. The van der Waals surface area contributed by atoms with E-state index >= 15 is 0 Å². The molecule has 0 aromatic heterocycles. The molecular weight excluding hydrogens is 267 g/mol. The van der Waals surface area contributed by atoms with Crippen LogP contribution in [0, 0.1) is 5.82 Å². The van der Waals surface area contributed by atoms with Crippen LogP contribution in [0.25, 0.3) is 0 Å². The number of likely N-dealkylation sites (N-methyl/N-ethyl adjacent to an activating group) is 2. The second-order valence-corrected chi connectivity index (χ2v) is 5.74. The number of aliphatic hydroxyl groups is 1. The molecule has 2 atom stereocenters. The first-order valence-corrected chi connectivity index (χ1v) is 6.86. The zero-order valence-corrected chi connectivity index (χ0v) is 12.1. The third-order valence-corrected chi connectivity index (χ3v) is 4.08. The van der Waals surface area contributed by atoms with Crippen molar-refractivity contribution in [2.75, 3.05) is 33.7 Å². The Morgan fingerprint density at radius 3 is 2.84 bits per heavy atom. The highest BCUT2D eigenvalue weighted by Crippen LogP contribution is 2.19. The molecule has 0 aliphatic carbocycles. The van der Waals surface area contributed by atoms with Gasteiger partial charge in [-0.05, 0) is 31.8 Å². The van der Waals surface area contributed by atoms with Gasteiger partial charge in [-0.3, -0.25) is 4.90 Å². The summed E-state index contributed by atoms with van der Waals surface area (Å²) in [5.41, 5.74) is 0.774. The predicted octanol–water partition coefficient (Wildman–Crippen LogP) is 1.63. The van der Waals surface area contributed by atoms with Crippen molar-refractivity contribution in [1.29, 1.82) is 0 Å². The summed E-state index contributed by atoms with van der Waals surface area (Å²) in [5, 5.41) is 10.5. The summed E-state index contributed by atoms with van der Waals surface area (Å²) in [6.45, 7) is 2.77. The van der Waals surface area contributed by atoms with Crippen molar-refractivity contribution < 1.29 is 9.50 Å². The van der Waals surface area contributed by atoms with Crippen LogP contribution in [0.2, 0.25) is 5.02 Å². The third-order valence-electron chi connectivity index (χ3n) is 3.77. The quantitative estimate of drug-likeness (QED) is 0.915. The van der Waals surface area contributed by atoms with E-state index in [9.17, 15) is 9.50 Å². The van der Waals surface area contributed by atoms with Crippen LogP contribution in [-0.2, 0) is 6.42 Å². The summed E-state index contributed by atoms with van der Waals surface area (Å²) in [7, 11) is 4.07. The lowest BCUT2D eigenvalue weighted by atomic mass is 9.99. The normalized spacial score (nSPS) is 23.5. The highest BCUT2D eigenvalue weighted by Gasteiger charge is 2.28. The zero-order chi connectivity index (χ0) is 14.0. The Morgan fingerprint density at radius 1 is 1.42 bits per heavy atom. The minimum Gasteiger partial charge on any atom is -0.391 e. The number of benzene rings is 1. The average Bonchev–Trinajstić information content (AvgIpc) is 2.36. The topological polar surface area (TPSA) is 26.7 Å². The summed E-state index contributed by atoms with van der Waals surface area (Å²) in [6, 6.07) is 4.78. The molecule has 1 saturated heterocycles. The number of piperazine rings is 1. The van der Waals surface area contributed by atoms with Crippen molar-refractivity contribution in [2.45, 2.75) is 18.6 Å². The molecule has 0 amide bonds. The first kappa shape index (κ1) is 14.7. The van der Waals surface area contributed by atoms with Gasteiger partial charge in [-0.2, -0.15) is 0 Å². The molecule has 3 nitrogen and oxygen atoms in total. The van der Waals surface area contributed by atoms with E-state index in [1.807, 2.05) is 7.05 Å². The van der Waals surface area contributed by atoms with E-state index in [2.05, 4.69) is 16.8 Å². The highest BCUT2D eigenvalue weighted by molar-refractivity contribution is 6.30. The molecule has 0 radical (unpaired) electrons. The van der Waals surface area contributed by atoms with Crippen LogP contribution in [0.3, 0.4) is 0 Å². The van der Waals surface area contributed by atoms with Crippen LogP contribution in [0.15, 0.2) is 18.2 Å². The summed E-state index contributed by atoms with van der Waals surface area (Å²) < 4.78 is 13.4. The molecule has 5 heteroatoms. The molecule has 0 bridgehead atoms. The van der Waals surface area contributed by atoms with Gasteiger partial charge in [-0.15, -0.1) is 0 Å². The lowest BCUT2D eigenvalue weighted by Crippen LogP contribution is -2.55. The Hall–Kier alpha value is -0.680. The maximum Gasteiger partial charge on any atom is 0.142 e. The largest absolute Gasteiger partial charge is 0.391 e. The van der Waals surface area contributed by atoms with E-state index in [4.69, 9.17) is 11.6 Å². The van der Waals surface area contributed by atoms with Crippen LogP contribution < -0.4 is 0 Å². The molecule has 19 heavy (non-hydrogen) atoms. The molecule has 1 N–H and O–H groups in total. The van der Waals surface area contributed by atoms with Crippen molar-refractivity contribution >= 4 is 11.6 Å². The Kier molecular flexibility index (Phi) is 4.79. The molecular formula is C14H20ClFN2O. The molecule has 1 fully saturated rings. The molecule has 1 aliphatic rings. The summed E-state index contributed by atoms with van der Waals surface area (Å²) in [5.74, 6) is -0.430. The van der Waals surface area contributed by atoms with E-state index in [-0.39, 0.29) is 11.1 Å². The van der Waals surface area contributed by atoms with Gasteiger partial charge in [0.1, 0.15) is 5.82 Å². The predicted molar refractivity (Wildman–Crippen MR) is 75.0 cm³/mol. The van der Waals surface area contributed by atoms with Crippen molar-refractivity contribution in [3.05, 3.63) is 34.6 Å². The fraction of sp³-hybridized carbons (Fsp3) is 0.571. The minimum absolute atomic E-state index is 0.0810. The van der Waals surface area contributed by atoms with E-state index in [0.717, 1.165) is 25.2 Å². The van der Waals surface area contributed by atoms with Gasteiger partial charge >= 0.3 is 0 Å². The van der Waals surface area contributed by atoms with Crippen molar-refractivity contribution in [2.24, 2.45) is 0 Å². The zero-order valence-electron chi connectivity index (χ0n) is 11.3. The average molecular weight is 287 g/mol. The number of hydrogen-bond donors (Lipinski definition) is 1. The van der Waals surface area contributed by atoms with E-state index in [0.29, 0.717) is 6.42 Å². The molecule has 1 aromatic rings. The van der Waals surface area contributed by atoms with E-state index in [1.54, 1.807) is 6.07 Å². The van der Waals surface area contributed by atoms with Gasteiger partial charge in [-0.25, -0.2) is 4.39 Å². The lowest BCUT2D eigenvalue weighted by Gasteiger charge is -2.40. The number of rotatable bonds is 3. The van der Waals surface area contributed by atoms with Crippen LogP contribution in [0.4, 0.5) is 4.39 Å². The monoisotopic (exact) mass is 286 g/mol. The SMILES string of the molecule is CN1CCN(C)C(C(O)Cc2ccc(Cl)c(F)c2)C1. The Labute approximate surface area is 118 Å². The van der Waals surface area contributed by atoms with Gasteiger partial charge in [0.05, 0.1) is 11.1 Å². The van der Waals surface area contributed by atoms with E-state index < -0.39 is 11.9 Å². The van der Waals surface area contributed by atoms with Gasteiger partial charge in [0.2, 0.25) is 0 Å². The molecule has 1 aromatic carbocycles. The van der Waals surface area contributed by atoms with Gasteiger partial charge in [0.15, 0.2) is 0 Å². The first-order chi connectivity index (χ1) is 8.97. The van der Waals surface area contributed by atoms with Crippen LogP contribution in [-0.4, -0.2) is 60.8 Å². The van der Waals surface area contributed by atoms with Gasteiger partial charge in [0.25, 0.3) is 0 Å². The fourth-order valence-corrected chi connectivity index (χ4v) is 2.62. The molecule has 2 unspecified atom stereocenters. The Morgan fingerprint density at radius 2 is 2.16 bits per heavy atom. The Balaban J connectivity index is 2.03. The molecule has 106 valence electrons. The smallest absolute Gasteiger partial charge is 0.142 e. The molecule has 1 aliphatic heterocycles. The summed E-state index contributed by atoms with van der Waals surface area (Å²) in [6.07, 6.45) is -0.0648. The standard InChI is InChI=1S/C14H20ClFN2O/c1-17-5-6-18(2)13(9-17)14(19)8-10-3-4-11(15)12(16)7-10/h3-4,7,13-14,19H,5-6,8-9H2,1-2H3. The lowest BCUT2D eigenvalue weighted by molar-refractivity contribution is 0.0153.